The molecule has 3 nitrogen and oxygen atoms in total. The van der Waals surface area contributed by atoms with Gasteiger partial charge < -0.3 is 15.2 Å². The summed E-state index contributed by atoms with van der Waals surface area (Å²) >= 11 is 0. The van der Waals surface area contributed by atoms with Crippen LogP contribution in [0.3, 0.4) is 0 Å². The van der Waals surface area contributed by atoms with Crippen LogP contribution >= 0.6 is 0 Å². The van der Waals surface area contributed by atoms with Crippen LogP contribution < -0.4 is 5.32 Å². The highest BCUT2D eigenvalue weighted by Gasteiger charge is 2.24. The zero-order chi connectivity index (χ0) is 11.3. The predicted molar refractivity (Wildman–Crippen MR) is 62.0 cm³/mol. The summed E-state index contributed by atoms with van der Waals surface area (Å²) in [6, 6.07) is 0.638. The van der Waals surface area contributed by atoms with E-state index in [1.165, 1.54) is 12.8 Å². The molecule has 0 atom stereocenters. The van der Waals surface area contributed by atoms with Gasteiger partial charge in [0, 0.05) is 11.6 Å². The molecule has 0 unspecified atom stereocenters. The molecule has 3 heteroatoms. The van der Waals surface area contributed by atoms with Crippen LogP contribution in [0.4, 0.5) is 0 Å². The Balaban J connectivity index is 2.18. The summed E-state index contributed by atoms with van der Waals surface area (Å²) in [5.41, 5.74) is 0.212. The molecule has 0 spiro atoms. The number of aliphatic hydroxyl groups is 1. The van der Waals surface area contributed by atoms with E-state index in [2.05, 4.69) is 26.1 Å². The van der Waals surface area contributed by atoms with Crippen molar-refractivity contribution in [1.29, 1.82) is 0 Å². The van der Waals surface area contributed by atoms with E-state index in [1.807, 2.05) is 0 Å². The molecular formula is C12H25NO2. The second kappa shape index (κ2) is 5.83. The van der Waals surface area contributed by atoms with Crippen molar-refractivity contribution in [3.8, 4) is 0 Å². The summed E-state index contributed by atoms with van der Waals surface area (Å²) in [6.07, 6.45) is 4.98. The maximum absolute atomic E-state index is 8.66. The van der Waals surface area contributed by atoms with Gasteiger partial charge in [-0.25, -0.2) is 0 Å². The van der Waals surface area contributed by atoms with E-state index in [4.69, 9.17) is 9.84 Å². The summed E-state index contributed by atoms with van der Waals surface area (Å²) in [5.74, 6) is 0. The molecule has 15 heavy (non-hydrogen) atoms. The van der Waals surface area contributed by atoms with Gasteiger partial charge in [-0.3, -0.25) is 0 Å². The minimum absolute atomic E-state index is 0.139. The highest BCUT2D eigenvalue weighted by Crippen LogP contribution is 2.22. The first kappa shape index (κ1) is 12.9. The standard InChI is InChI=1S/C12H25NO2/c1-12(2,3)13-10-4-6-11(7-5-10)15-9-8-14/h10-11,13-14H,4-9H2,1-3H3. The normalized spacial score (nSPS) is 28.0. The maximum Gasteiger partial charge on any atom is 0.0701 e. The fourth-order valence-corrected chi connectivity index (χ4v) is 2.21. The van der Waals surface area contributed by atoms with Crippen molar-refractivity contribution < 1.29 is 9.84 Å². The minimum Gasteiger partial charge on any atom is -0.394 e. The number of aliphatic hydroxyl groups excluding tert-OH is 1. The zero-order valence-electron chi connectivity index (χ0n) is 10.3. The van der Waals surface area contributed by atoms with Crippen molar-refractivity contribution >= 4 is 0 Å². The van der Waals surface area contributed by atoms with Crippen molar-refractivity contribution in [3.63, 3.8) is 0 Å². The molecule has 0 bridgehead atoms. The molecule has 1 aliphatic carbocycles. The third kappa shape index (κ3) is 5.50. The Morgan fingerprint density at radius 2 is 1.80 bits per heavy atom. The third-order valence-electron chi connectivity index (χ3n) is 2.76. The van der Waals surface area contributed by atoms with Crippen molar-refractivity contribution in [2.45, 2.75) is 64.1 Å². The number of nitrogens with one attached hydrogen (secondary N) is 1. The highest BCUT2D eigenvalue weighted by molar-refractivity contribution is 4.83. The molecule has 1 saturated carbocycles. The lowest BCUT2D eigenvalue weighted by Crippen LogP contribution is -2.45. The largest absolute Gasteiger partial charge is 0.394 e. The van der Waals surface area contributed by atoms with Gasteiger partial charge in [0.25, 0.3) is 0 Å². The molecular weight excluding hydrogens is 190 g/mol. The first-order valence-corrected chi connectivity index (χ1v) is 6.01. The van der Waals surface area contributed by atoms with Crippen molar-refractivity contribution in [2.75, 3.05) is 13.2 Å². The quantitative estimate of drug-likeness (QED) is 0.750. The smallest absolute Gasteiger partial charge is 0.0701 e. The first-order valence-electron chi connectivity index (χ1n) is 6.01. The zero-order valence-corrected chi connectivity index (χ0v) is 10.3. The average Bonchev–Trinajstić information content (AvgIpc) is 2.14. The van der Waals surface area contributed by atoms with Gasteiger partial charge in [-0.1, -0.05) is 0 Å². The van der Waals surface area contributed by atoms with Crippen LogP contribution in [0.5, 0.6) is 0 Å². The Hall–Kier alpha value is -0.120. The van der Waals surface area contributed by atoms with Gasteiger partial charge in [-0.05, 0) is 46.5 Å². The molecule has 0 amide bonds. The summed E-state index contributed by atoms with van der Waals surface area (Å²) in [6.45, 7) is 7.26. The molecule has 0 aromatic carbocycles. The van der Waals surface area contributed by atoms with Crippen LogP contribution in [0.15, 0.2) is 0 Å². The van der Waals surface area contributed by atoms with E-state index in [0.29, 0.717) is 18.8 Å². The predicted octanol–water partition coefficient (Wildman–Crippen LogP) is 1.69. The molecule has 1 fully saturated rings. The lowest BCUT2D eigenvalue weighted by Gasteiger charge is -2.34. The molecule has 0 radical (unpaired) electrons. The average molecular weight is 215 g/mol. The number of ether oxygens (including phenoxy) is 1. The molecule has 1 rings (SSSR count). The fourth-order valence-electron chi connectivity index (χ4n) is 2.21. The lowest BCUT2D eigenvalue weighted by molar-refractivity contribution is 0.00269. The second-order valence-corrected chi connectivity index (χ2v) is 5.46. The van der Waals surface area contributed by atoms with Gasteiger partial charge in [-0.2, -0.15) is 0 Å². The Labute approximate surface area is 93.2 Å². The third-order valence-corrected chi connectivity index (χ3v) is 2.76. The van der Waals surface area contributed by atoms with E-state index in [-0.39, 0.29) is 12.1 Å². The molecule has 0 aliphatic heterocycles. The van der Waals surface area contributed by atoms with Crippen LogP contribution in [0, 0.1) is 0 Å². The van der Waals surface area contributed by atoms with Crippen LogP contribution in [0.2, 0.25) is 0 Å². The van der Waals surface area contributed by atoms with Gasteiger partial charge in [0.05, 0.1) is 19.3 Å². The summed E-state index contributed by atoms with van der Waals surface area (Å²) < 4.78 is 5.53. The van der Waals surface area contributed by atoms with Gasteiger partial charge in [-0.15, -0.1) is 0 Å². The summed E-state index contributed by atoms with van der Waals surface area (Å²) in [5, 5.41) is 12.3. The molecule has 0 heterocycles. The Kier molecular flexibility index (Phi) is 5.03. The number of rotatable bonds is 4. The summed E-state index contributed by atoms with van der Waals surface area (Å²) in [4.78, 5) is 0. The van der Waals surface area contributed by atoms with E-state index < -0.39 is 0 Å². The summed E-state index contributed by atoms with van der Waals surface area (Å²) in [7, 11) is 0. The molecule has 0 aromatic rings. The van der Waals surface area contributed by atoms with Gasteiger partial charge >= 0.3 is 0 Å². The van der Waals surface area contributed by atoms with E-state index in [1.54, 1.807) is 0 Å². The topological polar surface area (TPSA) is 41.5 Å². The molecule has 90 valence electrons. The SMILES string of the molecule is CC(C)(C)NC1CCC(OCCO)CC1. The Morgan fingerprint density at radius 1 is 1.20 bits per heavy atom. The van der Waals surface area contributed by atoms with Crippen LogP contribution in [0.1, 0.15) is 46.5 Å². The molecule has 1 aliphatic rings. The molecule has 2 N–H and O–H groups in total. The monoisotopic (exact) mass is 215 g/mol. The lowest BCUT2D eigenvalue weighted by atomic mass is 9.91. The van der Waals surface area contributed by atoms with Crippen LogP contribution in [0.25, 0.3) is 0 Å². The van der Waals surface area contributed by atoms with Crippen LogP contribution in [-0.2, 0) is 4.74 Å². The van der Waals surface area contributed by atoms with Gasteiger partial charge in [0.1, 0.15) is 0 Å². The van der Waals surface area contributed by atoms with E-state index in [9.17, 15) is 0 Å². The maximum atomic E-state index is 8.66. The van der Waals surface area contributed by atoms with E-state index >= 15 is 0 Å². The van der Waals surface area contributed by atoms with E-state index in [0.717, 1.165) is 12.8 Å². The van der Waals surface area contributed by atoms with Gasteiger partial charge in [0.2, 0.25) is 0 Å². The van der Waals surface area contributed by atoms with Crippen molar-refractivity contribution in [2.24, 2.45) is 0 Å². The highest BCUT2D eigenvalue weighted by atomic mass is 16.5. The minimum atomic E-state index is 0.139. The fraction of sp³-hybridized carbons (Fsp3) is 1.00. The molecule has 0 aromatic heterocycles. The number of hydrogen-bond acceptors (Lipinski definition) is 3. The Morgan fingerprint density at radius 3 is 2.27 bits per heavy atom. The first-order chi connectivity index (χ1) is 7.01. The number of hydrogen-bond donors (Lipinski definition) is 2. The van der Waals surface area contributed by atoms with Crippen molar-refractivity contribution in [3.05, 3.63) is 0 Å². The Bertz CT molecular complexity index is 169. The van der Waals surface area contributed by atoms with Crippen LogP contribution in [-0.4, -0.2) is 36.0 Å². The second-order valence-electron chi connectivity index (χ2n) is 5.46. The van der Waals surface area contributed by atoms with Crippen molar-refractivity contribution in [1.82, 2.24) is 5.32 Å². The molecule has 0 saturated heterocycles. The van der Waals surface area contributed by atoms with Gasteiger partial charge in [0.15, 0.2) is 0 Å².